The van der Waals surface area contributed by atoms with E-state index in [2.05, 4.69) is 11.9 Å². The van der Waals surface area contributed by atoms with E-state index >= 15 is 0 Å². The molecule has 0 aliphatic rings. The van der Waals surface area contributed by atoms with Gasteiger partial charge in [0, 0.05) is 25.4 Å². The van der Waals surface area contributed by atoms with Crippen LogP contribution < -0.4 is 5.73 Å². The summed E-state index contributed by atoms with van der Waals surface area (Å²) < 4.78 is 2.03. The normalized spacial score (nSPS) is 10.8. The number of aryl methyl sites for hydroxylation is 1. The molecule has 0 aliphatic carbocycles. The summed E-state index contributed by atoms with van der Waals surface area (Å²) in [4.78, 5) is 4.35. The van der Waals surface area contributed by atoms with Crippen molar-refractivity contribution in [2.45, 2.75) is 26.3 Å². The molecule has 0 amide bonds. The van der Waals surface area contributed by atoms with Gasteiger partial charge in [0.1, 0.15) is 5.82 Å². The van der Waals surface area contributed by atoms with E-state index in [1.54, 1.807) is 6.20 Å². The van der Waals surface area contributed by atoms with Gasteiger partial charge in [-0.1, -0.05) is 24.6 Å². The van der Waals surface area contributed by atoms with Gasteiger partial charge in [0.05, 0.1) is 10.7 Å². The van der Waals surface area contributed by atoms with E-state index in [0.29, 0.717) is 11.6 Å². The molecule has 2 N–H and O–H groups in total. The molecule has 1 aromatic carbocycles. The smallest absolute Gasteiger partial charge is 0.113 e. The largest absolute Gasteiger partial charge is 0.326 e. The maximum absolute atomic E-state index is 6.27. The molecular weight excluding hydrogens is 234 g/mol. The van der Waals surface area contributed by atoms with Gasteiger partial charge in [-0.2, -0.15) is 0 Å². The molecular formula is C13H16ClN3. The van der Waals surface area contributed by atoms with Gasteiger partial charge in [0.2, 0.25) is 0 Å². The molecule has 1 aromatic heterocycles. The Hall–Kier alpha value is -1.32. The summed E-state index contributed by atoms with van der Waals surface area (Å²) in [6, 6.07) is 5.90. The van der Waals surface area contributed by atoms with Gasteiger partial charge in [-0.25, -0.2) is 4.98 Å². The van der Waals surface area contributed by atoms with Crippen molar-refractivity contribution in [1.82, 2.24) is 9.55 Å². The van der Waals surface area contributed by atoms with Crippen molar-refractivity contribution < 1.29 is 0 Å². The van der Waals surface area contributed by atoms with Crippen LogP contribution in [0.15, 0.2) is 30.6 Å². The number of halogens is 1. The van der Waals surface area contributed by atoms with E-state index in [1.807, 2.05) is 29.0 Å². The highest BCUT2D eigenvalue weighted by Gasteiger charge is 2.08. The molecule has 1 heterocycles. The predicted molar refractivity (Wildman–Crippen MR) is 70.5 cm³/mol. The van der Waals surface area contributed by atoms with Crippen LogP contribution in [0.4, 0.5) is 0 Å². The Bertz CT molecular complexity index is 505. The average molecular weight is 250 g/mol. The first-order valence-corrected chi connectivity index (χ1v) is 6.15. The first-order valence-electron chi connectivity index (χ1n) is 5.77. The minimum absolute atomic E-state index is 0.506. The molecule has 2 rings (SSSR count). The second-order valence-electron chi connectivity index (χ2n) is 3.95. The molecule has 0 saturated heterocycles. The second-order valence-corrected chi connectivity index (χ2v) is 4.36. The van der Waals surface area contributed by atoms with Crippen LogP contribution in [-0.2, 0) is 13.0 Å². The predicted octanol–water partition coefficient (Wildman–Crippen LogP) is 2.94. The number of rotatable bonds is 4. The van der Waals surface area contributed by atoms with E-state index in [0.717, 1.165) is 29.9 Å². The Morgan fingerprint density at radius 3 is 2.88 bits per heavy atom. The zero-order valence-electron chi connectivity index (χ0n) is 9.86. The molecule has 0 saturated carbocycles. The molecule has 2 aromatic rings. The van der Waals surface area contributed by atoms with E-state index in [-0.39, 0.29) is 0 Å². The van der Waals surface area contributed by atoms with Crippen LogP contribution in [0.3, 0.4) is 0 Å². The molecule has 0 bridgehead atoms. The van der Waals surface area contributed by atoms with E-state index < -0.39 is 0 Å². The number of aromatic nitrogens is 2. The molecule has 0 atom stereocenters. The van der Waals surface area contributed by atoms with Gasteiger partial charge < -0.3 is 10.3 Å². The number of hydrogen-bond donors (Lipinski definition) is 1. The van der Waals surface area contributed by atoms with Crippen molar-refractivity contribution in [3.05, 3.63) is 47.0 Å². The van der Waals surface area contributed by atoms with E-state index in [4.69, 9.17) is 17.3 Å². The molecule has 4 heteroatoms. The quantitative estimate of drug-likeness (QED) is 0.906. The summed E-state index contributed by atoms with van der Waals surface area (Å²) in [6.45, 7) is 2.64. The summed E-state index contributed by atoms with van der Waals surface area (Å²) in [6.07, 6.45) is 5.75. The van der Waals surface area contributed by atoms with Crippen molar-refractivity contribution in [2.24, 2.45) is 5.73 Å². The zero-order valence-corrected chi connectivity index (χ0v) is 10.6. The molecule has 0 spiro atoms. The average Bonchev–Trinajstić information content (AvgIpc) is 2.77. The molecule has 90 valence electrons. The summed E-state index contributed by atoms with van der Waals surface area (Å²) in [5.41, 5.74) is 7.59. The number of nitrogens with zero attached hydrogens (tertiary/aromatic N) is 2. The molecule has 3 nitrogen and oxygen atoms in total. The van der Waals surface area contributed by atoms with Gasteiger partial charge in [-0.15, -0.1) is 0 Å². The number of hydrogen-bond acceptors (Lipinski definition) is 2. The SMILES string of the molecule is CCCc1nccn1-c1ccc(CN)cc1Cl. The highest BCUT2D eigenvalue weighted by Crippen LogP contribution is 2.23. The summed E-state index contributed by atoms with van der Waals surface area (Å²) in [7, 11) is 0. The maximum Gasteiger partial charge on any atom is 0.113 e. The Balaban J connectivity index is 2.42. The second kappa shape index (κ2) is 5.34. The minimum Gasteiger partial charge on any atom is -0.326 e. The summed E-state index contributed by atoms with van der Waals surface area (Å²) in [5, 5.41) is 0.711. The Labute approximate surface area is 106 Å². The number of nitrogens with two attached hydrogens (primary N) is 1. The van der Waals surface area contributed by atoms with Gasteiger partial charge >= 0.3 is 0 Å². The summed E-state index contributed by atoms with van der Waals surface area (Å²) in [5.74, 6) is 1.04. The fourth-order valence-corrected chi connectivity index (χ4v) is 2.13. The minimum atomic E-state index is 0.506. The van der Waals surface area contributed by atoms with Crippen molar-refractivity contribution in [3.8, 4) is 5.69 Å². The molecule has 0 aliphatic heterocycles. The van der Waals surface area contributed by atoms with Gasteiger partial charge in [0.25, 0.3) is 0 Å². The third kappa shape index (κ3) is 2.51. The topological polar surface area (TPSA) is 43.8 Å². The highest BCUT2D eigenvalue weighted by molar-refractivity contribution is 6.32. The Morgan fingerprint density at radius 1 is 1.41 bits per heavy atom. The van der Waals surface area contributed by atoms with Crippen LogP contribution in [0, 0.1) is 0 Å². The first kappa shape index (κ1) is 12.1. The van der Waals surface area contributed by atoms with Crippen molar-refractivity contribution in [3.63, 3.8) is 0 Å². The molecule has 0 radical (unpaired) electrons. The van der Waals surface area contributed by atoms with Gasteiger partial charge in [0.15, 0.2) is 0 Å². The first-order chi connectivity index (χ1) is 8.26. The molecule has 17 heavy (non-hydrogen) atoms. The van der Waals surface area contributed by atoms with Crippen LogP contribution in [0.25, 0.3) is 5.69 Å². The lowest BCUT2D eigenvalue weighted by atomic mass is 10.2. The lowest BCUT2D eigenvalue weighted by Gasteiger charge is -2.10. The third-order valence-corrected chi connectivity index (χ3v) is 3.00. The standard InChI is InChI=1S/C13H16ClN3/c1-2-3-13-16-6-7-17(13)12-5-4-10(9-15)8-11(12)14/h4-8H,2-3,9,15H2,1H3. The maximum atomic E-state index is 6.27. The molecule has 0 unspecified atom stereocenters. The highest BCUT2D eigenvalue weighted by atomic mass is 35.5. The van der Waals surface area contributed by atoms with Crippen LogP contribution in [0.5, 0.6) is 0 Å². The Morgan fingerprint density at radius 2 is 2.24 bits per heavy atom. The molecule has 0 fully saturated rings. The van der Waals surface area contributed by atoms with Crippen LogP contribution >= 0.6 is 11.6 Å². The summed E-state index contributed by atoms with van der Waals surface area (Å²) >= 11 is 6.27. The van der Waals surface area contributed by atoms with Crippen molar-refractivity contribution in [2.75, 3.05) is 0 Å². The van der Waals surface area contributed by atoms with E-state index in [9.17, 15) is 0 Å². The number of imidazole rings is 1. The fraction of sp³-hybridized carbons (Fsp3) is 0.308. The van der Waals surface area contributed by atoms with Crippen LogP contribution in [-0.4, -0.2) is 9.55 Å². The monoisotopic (exact) mass is 249 g/mol. The van der Waals surface area contributed by atoms with Gasteiger partial charge in [-0.05, 0) is 24.1 Å². The van der Waals surface area contributed by atoms with Crippen LogP contribution in [0.2, 0.25) is 5.02 Å². The van der Waals surface area contributed by atoms with Crippen molar-refractivity contribution in [1.29, 1.82) is 0 Å². The lowest BCUT2D eigenvalue weighted by Crippen LogP contribution is -2.02. The van der Waals surface area contributed by atoms with E-state index in [1.165, 1.54) is 0 Å². The third-order valence-electron chi connectivity index (χ3n) is 2.70. The van der Waals surface area contributed by atoms with Crippen molar-refractivity contribution >= 4 is 11.6 Å². The number of benzene rings is 1. The fourth-order valence-electron chi connectivity index (χ4n) is 1.83. The van der Waals surface area contributed by atoms with Gasteiger partial charge in [-0.3, -0.25) is 0 Å². The zero-order chi connectivity index (χ0) is 12.3. The van der Waals surface area contributed by atoms with Crippen LogP contribution in [0.1, 0.15) is 24.7 Å². The lowest BCUT2D eigenvalue weighted by molar-refractivity contribution is 0.809. The Kier molecular flexibility index (Phi) is 3.82.